The molecule has 4 rings (SSSR count). The van der Waals surface area contributed by atoms with E-state index in [9.17, 15) is 21.6 Å². The first kappa shape index (κ1) is 26.7. The summed E-state index contributed by atoms with van der Waals surface area (Å²) in [5, 5.41) is 7.16. The molecule has 198 valence electrons. The summed E-state index contributed by atoms with van der Waals surface area (Å²) >= 11 is 0. The highest BCUT2D eigenvalue weighted by Gasteiger charge is 2.30. The molecule has 7 nitrogen and oxygen atoms in total. The molecular weight excluding hydrogens is 507 g/mol. The second kappa shape index (κ2) is 10.9. The number of hydrogen-bond donors (Lipinski definition) is 2. The SMILES string of the molecule is COc1cc(S(C)(=O)=O)ccc1NCC#Cc1cc2c(NC3CCOCC3)cccc2n1CC(F)(F)F. The minimum atomic E-state index is -4.42. The first-order chi connectivity index (χ1) is 17.5. The monoisotopic (exact) mass is 535 g/mol. The quantitative estimate of drug-likeness (QED) is 0.428. The molecule has 0 radical (unpaired) electrons. The van der Waals surface area contributed by atoms with E-state index in [1.165, 1.54) is 23.8 Å². The van der Waals surface area contributed by atoms with Crippen LogP contribution in [0.2, 0.25) is 0 Å². The van der Waals surface area contributed by atoms with Gasteiger partial charge in [0.1, 0.15) is 12.3 Å². The zero-order chi connectivity index (χ0) is 26.6. The van der Waals surface area contributed by atoms with Gasteiger partial charge < -0.3 is 24.7 Å². The third-order valence-corrected chi connectivity index (χ3v) is 7.16. The van der Waals surface area contributed by atoms with Crippen molar-refractivity contribution in [2.24, 2.45) is 0 Å². The molecule has 1 aliphatic rings. The van der Waals surface area contributed by atoms with E-state index in [-0.39, 0.29) is 23.2 Å². The fourth-order valence-corrected chi connectivity index (χ4v) is 4.88. The van der Waals surface area contributed by atoms with Crippen LogP contribution < -0.4 is 15.4 Å². The molecule has 11 heteroatoms. The van der Waals surface area contributed by atoms with Gasteiger partial charge >= 0.3 is 6.18 Å². The van der Waals surface area contributed by atoms with Gasteiger partial charge in [0.25, 0.3) is 0 Å². The van der Waals surface area contributed by atoms with E-state index in [1.54, 1.807) is 24.3 Å². The van der Waals surface area contributed by atoms with Crippen LogP contribution >= 0.6 is 0 Å². The molecule has 0 bridgehead atoms. The van der Waals surface area contributed by atoms with E-state index in [2.05, 4.69) is 22.5 Å². The number of alkyl halides is 3. The normalized spacial score (nSPS) is 14.7. The molecule has 2 heterocycles. The molecule has 2 N–H and O–H groups in total. The maximum atomic E-state index is 13.4. The molecule has 1 aliphatic heterocycles. The van der Waals surface area contributed by atoms with Crippen LogP contribution in [0.15, 0.2) is 47.4 Å². The molecule has 1 saturated heterocycles. The lowest BCUT2D eigenvalue weighted by molar-refractivity contribution is -0.140. The van der Waals surface area contributed by atoms with Gasteiger partial charge in [-0.1, -0.05) is 12.0 Å². The Bertz CT molecular complexity index is 1430. The maximum absolute atomic E-state index is 13.4. The summed E-state index contributed by atoms with van der Waals surface area (Å²) in [6, 6.07) is 11.5. The van der Waals surface area contributed by atoms with Gasteiger partial charge in [-0.15, -0.1) is 0 Å². The summed E-state index contributed by atoms with van der Waals surface area (Å²) in [4.78, 5) is 0.114. The van der Waals surface area contributed by atoms with Crippen LogP contribution in [0.4, 0.5) is 24.5 Å². The Morgan fingerprint density at radius 2 is 1.89 bits per heavy atom. The predicted molar refractivity (Wildman–Crippen MR) is 137 cm³/mol. The lowest BCUT2D eigenvalue weighted by atomic mass is 10.1. The van der Waals surface area contributed by atoms with Crippen LogP contribution in [-0.4, -0.2) is 58.3 Å². The van der Waals surface area contributed by atoms with Crippen molar-refractivity contribution in [1.29, 1.82) is 0 Å². The highest BCUT2D eigenvalue weighted by Crippen LogP contribution is 2.31. The van der Waals surface area contributed by atoms with Gasteiger partial charge in [-0.3, -0.25) is 0 Å². The van der Waals surface area contributed by atoms with Crippen LogP contribution in [0.3, 0.4) is 0 Å². The van der Waals surface area contributed by atoms with Crippen molar-refractivity contribution in [3.63, 3.8) is 0 Å². The average Bonchev–Trinajstić information content (AvgIpc) is 3.18. The minimum absolute atomic E-state index is 0.106. The lowest BCUT2D eigenvalue weighted by Crippen LogP contribution is -2.27. The smallest absolute Gasteiger partial charge is 0.406 e. The summed E-state index contributed by atoms with van der Waals surface area (Å²) in [7, 11) is -1.98. The van der Waals surface area contributed by atoms with Gasteiger partial charge in [0.15, 0.2) is 9.84 Å². The summed E-state index contributed by atoms with van der Waals surface area (Å²) in [5.74, 6) is 6.06. The second-order valence-corrected chi connectivity index (χ2v) is 10.8. The summed E-state index contributed by atoms with van der Waals surface area (Å²) in [5.41, 5.74) is 1.98. The van der Waals surface area contributed by atoms with Crippen molar-refractivity contribution in [2.45, 2.75) is 36.5 Å². The van der Waals surface area contributed by atoms with E-state index < -0.39 is 22.6 Å². The van der Waals surface area contributed by atoms with Crippen LogP contribution in [-0.2, 0) is 21.1 Å². The number of nitrogens with zero attached hydrogens (tertiary/aromatic N) is 1. The zero-order valence-electron chi connectivity index (χ0n) is 20.5. The van der Waals surface area contributed by atoms with Crippen molar-refractivity contribution in [1.82, 2.24) is 4.57 Å². The van der Waals surface area contributed by atoms with Gasteiger partial charge in [0, 0.05) is 42.7 Å². The Hall–Kier alpha value is -3.36. The molecule has 3 aromatic rings. The van der Waals surface area contributed by atoms with Crippen LogP contribution in [0.5, 0.6) is 5.75 Å². The number of sulfone groups is 1. The number of methoxy groups -OCH3 is 1. The van der Waals surface area contributed by atoms with E-state index in [1.807, 2.05) is 6.07 Å². The highest BCUT2D eigenvalue weighted by atomic mass is 32.2. The number of fused-ring (bicyclic) bond motifs is 1. The third-order valence-electron chi connectivity index (χ3n) is 6.05. The molecule has 0 saturated carbocycles. The number of anilines is 2. The molecule has 0 spiro atoms. The van der Waals surface area contributed by atoms with Crippen LogP contribution in [0.25, 0.3) is 10.9 Å². The molecule has 1 fully saturated rings. The van der Waals surface area contributed by atoms with Crippen molar-refractivity contribution < 1.29 is 31.1 Å². The van der Waals surface area contributed by atoms with Gasteiger partial charge in [0.2, 0.25) is 0 Å². The molecular formula is C26H28F3N3O4S. The fourth-order valence-electron chi connectivity index (χ4n) is 4.25. The molecule has 0 unspecified atom stereocenters. The lowest BCUT2D eigenvalue weighted by Gasteiger charge is -2.24. The molecule has 0 aliphatic carbocycles. The Balaban J connectivity index is 1.60. The Kier molecular flexibility index (Phi) is 7.90. The maximum Gasteiger partial charge on any atom is 0.406 e. The first-order valence-electron chi connectivity index (χ1n) is 11.7. The Morgan fingerprint density at radius 3 is 2.57 bits per heavy atom. The standard InChI is InChI=1S/C26H28F3N3O4S/c1-35-25-16-20(37(2,33)34)8-9-23(25)30-12-4-5-19-15-21-22(31-18-10-13-36-14-11-18)6-3-7-24(21)32(19)17-26(27,28)29/h3,6-9,15-16,18,30-31H,10-14,17H2,1-2H3. The van der Waals surface area contributed by atoms with Crippen molar-refractivity contribution in [2.75, 3.05) is 43.8 Å². The van der Waals surface area contributed by atoms with E-state index in [4.69, 9.17) is 9.47 Å². The van der Waals surface area contributed by atoms with Crippen molar-refractivity contribution in [3.05, 3.63) is 48.2 Å². The number of rotatable bonds is 7. The van der Waals surface area contributed by atoms with E-state index in [0.29, 0.717) is 35.6 Å². The number of halogens is 3. The van der Waals surface area contributed by atoms with E-state index >= 15 is 0 Å². The number of ether oxygens (including phenoxy) is 2. The molecule has 0 amide bonds. The molecule has 37 heavy (non-hydrogen) atoms. The van der Waals surface area contributed by atoms with Crippen molar-refractivity contribution >= 4 is 32.1 Å². The van der Waals surface area contributed by atoms with Crippen LogP contribution in [0.1, 0.15) is 18.5 Å². The van der Waals surface area contributed by atoms with Gasteiger partial charge in [0.05, 0.1) is 35.4 Å². The number of benzene rings is 2. The Morgan fingerprint density at radius 1 is 1.14 bits per heavy atom. The first-order valence-corrected chi connectivity index (χ1v) is 13.6. The minimum Gasteiger partial charge on any atom is -0.495 e. The van der Waals surface area contributed by atoms with Gasteiger partial charge in [-0.05, 0) is 49.1 Å². The number of aromatic nitrogens is 1. The van der Waals surface area contributed by atoms with Crippen molar-refractivity contribution in [3.8, 4) is 17.6 Å². The van der Waals surface area contributed by atoms with Gasteiger partial charge in [-0.2, -0.15) is 13.2 Å². The molecule has 0 atom stereocenters. The third kappa shape index (κ3) is 6.70. The largest absolute Gasteiger partial charge is 0.495 e. The van der Waals surface area contributed by atoms with Gasteiger partial charge in [-0.25, -0.2) is 8.42 Å². The summed E-state index contributed by atoms with van der Waals surface area (Å²) in [6.45, 7) is 0.243. The topological polar surface area (TPSA) is 81.6 Å². The Labute approximate surface area is 213 Å². The predicted octanol–water partition coefficient (Wildman–Crippen LogP) is 4.67. The molecule has 2 aromatic carbocycles. The second-order valence-electron chi connectivity index (χ2n) is 8.79. The number of hydrogen-bond acceptors (Lipinski definition) is 6. The highest BCUT2D eigenvalue weighted by molar-refractivity contribution is 7.90. The number of nitrogens with one attached hydrogen (secondary N) is 2. The summed E-state index contributed by atoms with van der Waals surface area (Å²) < 4.78 is 75.7. The fraction of sp³-hybridized carbons (Fsp3) is 0.385. The van der Waals surface area contributed by atoms with Crippen LogP contribution in [0, 0.1) is 11.8 Å². The van der Waals surface area contributed by atoms with E-state index in [0.717, 1.165) is 24.8 Å². The zero-order valence-corrected chi connectivity index (χ0v) is 21.3. The summed E-state index contributed by atoms with van der Waals surface area (Å²) in [6.07, 6.45) is -1.66. The average molecular weight is 536 g/mol. The molecule has 1 aromatic heterocycles.